The number of hydrogen-bond acceptors (Lipinski definition) is 0. The molecule has 2 nitrogen and oxygen atoms in total. The van der Waals surface area contributed by atoms with Gasteiger partial charge in [0.25, 0.3) is 0 Å². The molecule has 0 spiro atoms. The van der Waals surface area contributed by atoms with Gasteiger partial charge in [-0.2, -0.15) is 0 Å². The fourth-order valence-electron chi connectivity index (χ4n) is 1.73. The van der Waals surface area contributed by atoms with Gasteiger partial charge in [0.1, 0.15) is 0 Å². The second kappa shape index (κ2) is 2.77. The van der Waals surface area contributed by atoms with E-state index in [0.29, 0.717) is 0 Å². The zero-order valence-electron chi connectivity index (χ0n) is 7.62. The molecule has 0 aliphatic heterocycles. The Labute approximate surface area is 81.6 Å². The summed E-state index contributed by atoms with van der Waals surface area (Å²) in [5.74, 6) is 0. The van der Waals surface area contributed by atoms with E-state index >= 15 is 0 Å². The van der Waals surface area contributed by atoms with Gasteiger partial charge in [-0.3, -0.25) is 0 Å². The number of aromatic nitrogens is 2. The quantitative estimate of drug-likeness (QED) is 0.579. The van der Waals surface area contributed by atoms with Crippen molar-refractivity contribution in [1.82, 2.24) is 9.97 Å². The highest BCUT2D eigenvalue weighted by atomic mass is 14.7. The Morgan fingerprint density at radius 1 is 0.857 bits per heavy atom. The van der Waals surface area contributed by atoms with Crippen molar-refractivity contribution in [2.75, 3.05) is 0 Å². The van der Waals surface area contributed by atoms with E-state index in [1.807, 2.05) is 18.5 Å². The minimum atomic E-state index is 1.16. The minimum Gasteiger partial charge on any atom is -0.361 e. The van der Waals surface area contributed by atoms with Crippen LogP contribution in [-0.2, 0) is 0 Å². The lowest BCUT2D eigenvalue weighted by Crippen LogP contribution is -1.76. The monoisotopic (exact) mass is 182 g/mol. The topological polar surface area (TPSA) is 31.6 Å². The standard InChI is InChI=1S/C12H10N2/c1-2-11(13-6-1)9-3-4-12-10(8-9)5-7-14-12/h1-8,13-14H. The van der Waals surface area contributed by atoms with Crippen molar-refractivity contribution in [3.63, 3.8) is 0 Å². The van der Waals surface area contributed by atoms with Crippen molar-refractivity contribution in [3.8, 4) is 11.3 Å². The summed E-state index contributed by atoms with van der Waals surface area (Å²) in [6.07, 6.45) is 3.90. The van der Waals surface area contributed by atoms with E-state index in [2.05, 4.69) is 40.3 Å². The molecule has 0 saturated heterocycles. The molecular weight excluding hydrogens is 172 g/mol. The fourth-order valence-corrected chi connectivity index (χ4v) is 1.73. The van der Waals surface area contributed by atoms with Gasteiger partial charge in [-0.15, -0.1) is 0 Å². The largest absolute Gasteiger partial charge is 0.361 e. The first-order valence-electron chi connectivity index (χ1n) is 4.64. The van der Waals surface area contributed by atoms with Gasteiger partial charge in [0.05, 0.1) is 0 Å². The highest BCUT2D eigenvalue weighted by Crippen LogP contribution is 2.22. The van der Waals surface area contributed by atoms with Crippen LogP contribution in [0.5, 0.6) is 0 Å². The number of fused-ring (bicyclic) bond motifs is 1. The number of rotatable bonds is 1. The molecule has 1 aromatic carbocycles. The van der Waals surface area contributed by atoms with Crippen molar-refractivity contribution in [3.05, 3.63) is 48.8 Å². The molecule has 68 valence electrons. The first-order chi connectivity index (χ1) is 6.93. The van der Waals surface area contributed by atoms with Crippen LogP contribution in [0.25, 0.3) is 22.2 Å². The van der Waals surface area contributed by atoms with Crippen molar-refractivity contribution in [2.45, 2.75) is 0 Å². The van der Waals surface area contributed by atoms with Crippen LogP contribution in [0.3, 0.4) is 0 Å². The Morgan fingerprint density at radius 2 is 1.86 bits per heavy atom. The van der Waals surface area contributed by atoms with E-state index in [1.165, 1.54) is 16.5 Å². The van der Waals surface area contributed by atoms with E-state index in [0.717, 1.165) is 5.69 Å². The maximum absolute atomic E-state index is 3.20. The molecule has 3 aromatic rings. The fraction of sp³-hybridized carbons (Fsp3) is 0. The average Bonchev–Trinajstić information content (AvgIpc) is 2.88. The molecule has 0 bridgehead atoms. The summed E-state index contributed by atoms with van der Waals surface area (Å²) < 4.78 is 0. The number of hydrogen-bond donors (Lipinski definition) is 2. The van der Waals surface area contributed by atoms with Crippen molar-refractivity contribution in [2.24, 2.45) is 0 Å². The van der Waals surface area contributed by atoms with Gasteiger partial charge < -0.3 is 9.97 Å². The van der Waals surface area contributed by atoms with E-state index in [1.54, 1.807) is 0 Å². The minimum absolute atomic E-state index is 1.16. The summed E-state index contributed by atoms with van der Waals surface area (Å²) in [6.45, 7) is 0. The zero-order valence-corrected chi connectivity index (χ0v) is 7.62. The van der Waals surface area contributed by atoms with Crippen LogP contribution in [0, 0.1) is 0 Å². The van der Waals surface area contributed by atoms with E-state index in [4.69, 9.17) is 0 Å². The van der Waals surface area contributed by atoms with Gasteiger partial charge >= 0.3 is 0 Å². The third-order valence-electron chi connectivity index (χ3n) is 2.46. The molecule has 0 amide bonds. The van der Waals surface area contributed by atoms with Crippen molar-refractivity contribution in [1.29, 1.82) is 0 Å². The maximum atomic E-state index is 3.20. The van der Waals surface area contributed by atoms with Crippen molar-refractivity contribution < 1.29 is 0 Å². The molecule has 14 heavy (non-hydrogen) atoms. The summed E-state index contributed by atoms with van der Waals surface area (Å²) in [4.78, 5) is 6.38. The predicted molar refractivity (Wildman–Crippen MR) is 58.1 cm³/mol. The highest BCUT2D eigenvalue weighted by Gasteiger charge is 1.99. The number of benzene rings is 1. The van der Waals surface area contributed by atoms with Crippen LogP contribution in [-0.4, -0.2) is 9.97 Å². The van der Waals surface area contributed by atoms with Crippen LogP contribution in [0.1, 0.15) is 0 Å². The summed E-state index contributed by atoms with van der Waals surface area (Å²) in [5.41, 5.74) is 3.57. The van der Waals surface area contributed by atoms with E-state index in [9.17, 15) is 0 Å². The summed E-state index contributed by atoms with van der Waals surface area (Å²) in [6, 6.07) is 12.6. The van der Waals surface area contributed by atoms with Gasteiger partial charge in [0, 0.05) is 29.0 Å². The van der Waals surface area contributed by atoms with Gasteiger partial charge in [-0.05, 0) is 35.9 Å². The molecule has 0 fully saturated rings. The van der Waals surface area contributed by atoms with Gasteiger partial charge in [-0.25, -0.2) is 0 Å². The third kappa shape index (κ3) is 1.04. The second-order valence-electron chi connectivity index (χ2n) is 3.36. The van der Waals surface area contributed by atoms with Gasteiger partial charge in [0.2, 0.25) is 0 Å². The predicted octanol–water partition coefficient (Wildman–Crippen LogP) is 3.16. The summed E-state index contributed by atoms with van der Waals surface area (Å²) in [5, 5.41) is 1.25. The molecule has 2 heterocycles. The van der Waals surface area contributed by atoms with Crippen LogP contribution < -0.4 is 0 Å². The highest BCUT2D eigenvalue weighted by molar-refractivity contribution is 5.84. The lowest BCUT2D eigenvalue weighted by Gasteiger charge is -1.97. The summed E-state index contributed by atoms with van der Waals surface area (Å²) >= 11 is 0. The Kier molecular flexibility index (Phi) is 1.47. The first kappa shape index (κ1) is 7.44. The normalized spacial score (nSPS) is 10.9. The third-order valence-corrected chi connectivity index (χ3v) is 2.46. The number of aromatic amines is 2. The molecule has 2 aromatic heterocycles. The molecule has 3 rings (SSSR count). The molecule has 0 unspecified atom stereocenters. The molecule has 0 atom stereocenters. The van der Waals surface area contributed by atoms with Crippen LogP contribution in [0.4, 0.5) is 0 Å². The van der Waals surface area contributed by atoms with E-state index in [-0.39, 0.29) is 0 Å². The van der Waals surface area contributed by atoms with E-state index < -0.39 is 0 Å². The lowest BCUT2D eigenvalue weighted by atomic mass is 10.1. The van der Waals surface area contributed by atoms with Crippen LogP contribution >= 0.6 is 0 Å². The molecule has 0 saturated carbocycles. The first-order valence-corrected chi connectivity index (χ1v) is 4.64. The Hall–Kier alpha value is -1.96. The number of H-pyrrole nitrogens is 2. The molecular formula is C12H10N2. The molecule has 2 heteroatoms. The SMILES string of the molecule is c1c[nH]c(-c2ccc3[nH]ccc3c2)c1. The molecule has 0 aliphatic rings. The van der Waals surface area contributed by atoms with Crippen LogP contribution in [0.2, 0.25) is 0 Å². The molecule has 0 aliphatic carbocycles. The Morgan fingerprint density at radius 3 is 2.71 bits per heavy atom. The average molecular weight is 182 g/mol. The second-order valence-corrected chi connectivity index (χ2v) is 3.36. The van der Waals surface area contributed by atoms with Crippen LogP contribution in [0.15, 0.2) is 48.8 Å². The Bertz CT molecular complexity index is 546. The van der Waals surface area contributed by atoms with Gasteiger partial charge in [-0.1, -0.05) is 6.07 Å². The summed E-state index contributed by atoms with van der Waals surface area (Å²) in [7, 11) is 0. The maximum Gasteiger partial charge on any atom is 0.0454 e. The van der Waals surface area contributed by atoms with Crippen molar-refractivity contribution >= 4 is 10.9 Å². The number of nitrogens with one attached hydrogen (secondary N) is 2. The molecule has 2 N–H and O–H groups in total. The van der Waals surface area contributed by atoms with Gasteiger partial charge in [0.15, 0.2) is 0 Å². The lowest BCUT2D eigenvalue weighted by molar-refractivity contribution is 1.40. The molecule has 0 radical (unpaired) electrons. The Balaban J connectivity index is 2.23. The zero-order chi connectivity index (χ0) is 9.38. The smallest absolute Gasteiger partial charge is 0.0454 e.